The minimum atomic E-state index is -3.94. The predicted octanol–water partition coefficient (Wildman–Crippen LogP) is 1.35. The van der Waals surface area contributed by atoms with Gasteiger partial charge in [0.1, 0.15) is 29.1 Å². The van der Waals surface area contributed by atoms with Gasteiger partial charge in [0.25, 0.3) is 0 Å². The fraction of sp³-hybridized carbons (Fsp3) is 0.423. The fourth-order valence-electron chi connectivity index (χ4n) is 5.19. The number of primary sulfonamides is 1. The second-order valence-corrected chi connectivity index (χ2v) is 13.6. The quantitative estimate of drug-likeness (QED) is 0.270. The van der Waals surface area contributed by atoms with Crippen molar-refractivity contribution in [2.75, 3.05) is 32.8 Å². The molecule has 3 heterocycles. The van der Waals surface area contributed by atoms with Gasteiger partial charge in [-0.1, -0.05) is 18.2 Å². The lowest BCUT2D eigenvalue weighted by Gasteiger charge is -2.38. The highest BCUT2D eigenvalue weighted by atomic mass is 35.5. The van der Waals surface area contributed by atoms with E-state index in [1.165, 1.54) is 28.7 Å². The monoisotopic (exact) mass is 628 g/mol. The molecule has 2 aromatic carbocycles. The lowest BCUT2D eigenvalue weighted by atomic mass is 9.88. The first-order valence-electron chi connectivity index (χ1n) is 12.8. The van der Waals surface area contributed by atoms with E-state index in [1.807, 2.05) is 0 Å². The summed E-state index contributed by atoms with van der Waals surface area (Å²) in [6, 6.07) is 12.5. The fourth-order valence-corrected chi connectivity index (χ4v) is 7.22. The Kier molecular flexibility index (Phi) is 9.45. The molecule has 0 radical (unpaired) electrons. The smallest absolute Gasteiger partial charge is 0.248 e. The van der Waals surface area contributed by atoms with Crippen LogP contribution in [-0.2, 0) is 24.8 Å². The minimum Gasteiger partial charge on any atom is -0.506 e. The maximum atomic E-state index is 13.3. The maximum Gasteiger partial charge on any atom is 0.248 e. The van der Waals surface area contributed by atoms with Crippen molar-refractivity contribution in [3.8, 4) is 11.5 Å². The standard InChI is InChI=1S/C26H32N4O8S2.ClH/c27-39(33,34)21-5-3-4-20(12-21)37-17-19(31)14-28-18-13-26(38-16-18)8-10-30(11-9-26)40(35,36)24-15-29-23-7-2-1-6-22(23)25(24)32;/h1-7,12,15,18-19,28,31H,8-11,13-14,16-17H2,(H,29,32)(H2,27,33,34);1H/t18-,19?;/m1./s1. The Bertz CT molecular complexity index is 1600. The zero-order valence-corrected chi connectivity index (χ0v) is 24.5. The van der Waals surface area contributed by atoms with Gasteiger partial charge in [-0.05, 0) is 43.5 Å². The van der Waals surface area contributed by atoms with Crippen LogP contribution in [0.25, 0.3) is 10.9 Å². The van der Waals surface area contributed by atoms with Gasteiger partial charge in [0.15, 0.2) is 0 Å². The summed E-state index contributed by atoms with van der Waals surface area (Å²) in [7, 11) is -7.80. The zero-order chi connectivity index (χ0) is 28.5. The summed E-state index contributed by atoms with van der Waals surface area (Å²) in [6.07, 6.45) is 2.00. The van der Waals surface area contributed by atoms with Gasteiger partial charge in [0, 0.05) is 37.1 Å². The number of aliphatic hydroxyl groups is 1. The van der Waals surface area contributed by atoms with Gasteiger partial charge in [0.05, 0.1) is 28.8 Å². The van der Waals surface area contributed by atoms with E-state index < -0.39 is 31.8 Å². The number of hydrogen-bond donors (Lipinski definition) is 4. The van der Waals surface area contributed by atoms with Gasteiger partial charge in [-0.3, -0.25) is 4.98 Å². The number of hydrogen-bond acceptors (Lipinski definition) is 10. The summed E-state index contributed by atoms with van der Waals surface area (Å²) in [4.78, 5) is 3.92. The van der Waals surface area contributed by atoms with Crippen molar-refractivity contribution < 1.29 is 36.5 Å². The van der Waals surface area contributed by atoms with Gasteiger partial charge in [-0.25, -0.2) is 22.0 Å². The number of sulfonamides is 2. The third kappa shape index (κ3) is 6.92. The van der Waals surface area contributed by atoms with E-state index in [9.17, 15) is 27.0 Å². The Balaban J connectivity index is 0.00000387. The SMILES string of the molecule is Cl.NS(=O)(=O)c1cccc(OCC(O)CN[C@H]2COC3(CCN(S(=O)(=O)c4cnc5ccccc5c4O)CC3)C2)c1. The van der Waals surface area contributed by atoms with Crippen LogP contribution in [0.3, 0.4) is 0 Å². The topological polar surface area (TPSA) is 181 Å². The molecule has 0 saturated carbocycles. The first-order chi connectivity index (χ1) is 19.0. The summed E-state index contributed by atoms with van der Waals surface area (Å²) in [5.74, 6) is -0.0184. The number of ether oxygens (including phenoxy) is 2. The van der Waals surface area contributed by atoms with Crippen molar-refractivity contribution in [2.45, 2.75) is 46.8 Å². The average molecular weight is 629 g/mol. The molecule has 2 aliphatic rings. The Hall–Kier alpha value is -2.56. The molecule has 0 amide bonds. The highest BCUT2D eigenvalue weighted by Gasteiger charge is 2.45. The number of pyridine rings is 1. The number of aromatic hydroxyl groups is 1. The first kappa shape index (κ1) is 31.4. The third-order valence-corrected chi connectivity index (χ3v) is 10.2. The Morgan fingerprint density at radius 1 is 1.15 bits per heavy atom. The van der Waals surface area contributed by atoms with Crippen molar-refractivity contribution in [3.05, 3.63) is 54.7 Å². The highest BCUT2D eigenvalue weighted by molar-refractivity contribution is 7.89. The van der Waals surface area contributed by atoms with Gasteiger partial charge in [-0.15, -0.1) is 12.4 Å². The second-order valence-electron chi connectivity index (χ2n) is 10.2. The maximum absolute atomic E-state index is 13.3. The molecule has 2 atom stereocenters. The number of nitrogens with two attached hydrogens (primary N) is 1. The van der Waals surface area contributed by atoms with Crippen LogP contribution < -0.4 is 15.2 Å². The molecule has 15 heteroatoms. The Labute approximate surface area is 245 Å². The summed E-state index contributed by atoms with van der Waals surface area (Å²) in [5, 5.41) is 29.8. The van der Waals surface area contributed by atoms with E-state index in [0.717, 1.165) is 0 Å². The van der Waals surface area contributed by atoms with E-state index in [4.69, 9.17) is 14.6 Å². The van der Waals surface area contributed by atoms with Crippen LogP contribution in [0, 0.1) is 0 Å². The molecule has 1 aromatic heterocycles. The van der Waals surface area contributed by atoms with Crippen molar-refractivity contribution >= 4 is 43.4 Å². The number of para-hydroxylation sites is 1. The van der Waals surface area contributed by atoms with E-state index in [1.54, 1.807) is 30.3 Å². The average Bonchev–Trinajstić information content (AvgIpc) is 3.33. The molecule has 41 heavy (non-hydrogen) atoms. The van der Waals surface area contributed by atoms with Crippen LogP contribution >= 0.6 is 12.4 Å². The zero-order valence-electron chi connectivity index (χ0n) is 22.0. The highest BCUT2D eigenvalue weighted by Crippen LogP contribution is 2.39. The number of aliphatic hydroxyl groups excluding tert-OH is 1. The number of fused-ring (bicyclic) bond motifs is 1. The van der Waals surface area contributed by atoms with Crippen LogP contribution in [0.4, 0.5) is 0 Å². The molecule has 12 nitrogen and oxygen atoms in total. The molecule has 0 aliphatic carbocycles. The van der Waals surface area contributed by atoms with Crippen molar-refractivity contribution in [1.29, 1.82) is 0 Å². The number of piperidine rings is 1. The van der Waals surface area contributed by atoms with E-state index in [0.29, 0.717) is 36.8 Å². The normalized spacial score (nSPS) is 20.1. The van der Waals surface area contributed by atoms with Crippen molar-refractivity contribution in [2.24, 2.45) is 5.14 Å². The molecule has 0 bridgehead atoms. The number of nitrogens with zero attached hydrogens (tertiary/aromatic N) is 2. The van der Waals surface area contributed by atoms with Crippen LogP contribution in [-0.4, -0.2) is 86.9 Å². The number of benzene rings is 2. The second kappa shape index (κ2) is 12.4. The molecule has 224 valence electrons. The number of nitrogens with one attached hydrogen (secondary N) is 1. The molecule has 2 aliphatic heterocycles. The largest absolute Gasteiger partial charge is 0.506 e. The Morgan fingerprint density at radius 3 is 2.61 bits per heavy atom. The summed E-state index contributed by atoms with van der Waals surface area (Å²) < 4.78 is 62.6. The molecule has 2 fully saturated rings. The molecular formula is C26H33ClN4O8S2. The summed E-state index contributed by atoms with van der Waals surface area (Å²) in [6.45, 7) is 1.09. The number of aromatic nitrogens is 1. The molecule has 3 aromatic rings. The number of halogens is 1. The minimum absolute atomic E-state index is 0. The van der Waals surface area contributed by atoms with Gasteiger partial charge < -0.3 is 25.0 Å². The van der Waals surface area contributed by atoms with Gasteiger partial charge >= 0.3 is 0 Å². The lowest BCUT2D eigenvalue weighted by molar-refractivity contribution is -0.0312. The number of rotatable bonds is 9. The predicted molar refractivity (Wildman–Crippen MR) is 153 cm³/mol. The van der Waals surface area contributed by atoms with E-state index >= 15 is 0 Å². The van der Waals surface area contributed by atoms with E-state index in [-0.39, 0.29) is 66.0 Å². The van der Waals surface area contributed by atoms with Crippen LogP contribution in [0.15, 0.2) is 64.5 Å². The third-order valence-electron chi connectivity index (χ3n) is 7.39. The van der Waals surface area contributed by atoms with Crippen LogP contribution in [0.5, 0.6) is 11.5 Å². The first-order valence-corrected chi connectivity index (χ1v) is 15.8. The lowest BCUT2D eigenvalue weighted by Crippen LogP contribution is -2.47. The van der Waals surface area contributed by atoms with Crippen molar-refractivity contribution in [1.82, 2.24) is 14.6 Å². The van der Waals surface area contributed by atoms with Crippen LogP contribution in [0.1, 0.15) is 19.3 Å². The molecule has 5 rings (SSSR count). The van der Waals surface area contributed by atoms with Crippen LogP contribution in [0.2, 0.25) is 0 Å². The van der Waals surface area contributed by atoms with Crippen molar-refractivity contribution in [3.63, 3.8) is 0 Å². The summed E-state index contributed by atoms with van der Waals surface area (Å²) >= 11 is 0. The molecule has 2 saturated heterocycles. The van der Waals surface area contributed by atoms with E-state index in [2.05, 4.69) is 10.3 Å². The van der Waals surface area contributed by atoms with Gasteiger partial charge in [0.2, 0.25) is 20.0 Å². The molecule has 5 N–H and O–H groups in total. The molecule has 1 spiro atoms. The molecular weight excluding hydrogens is 596 g/mol. The molecule has 1 unspecified atom stereocenters. The summed E-state index contributed by atoms with van der Waals surface area (Å²) in [5.41, 5.74) is 0.0468. The van der Waals surface area contributed by atoms with Gasteiger partial charge in [-0.2, -0.15) is 4.31 Å². The Morgan fingerprint density at radius 2 is 1.88 bits per heavy atom.